The molecule has 0 saturated carbocycles. The van der Waals surface area contributed by atoms with Gasteiger partial charge in [0.15, 0.2) is 0 Å². The van der Waals surface area contributed by atoms with Crippen molar-refractivity contribution in [2.75, 3.05) is 41.4 Å². The summed E-state index contributed by atoms with van der Waals surface area (Å²) in [5.74, 6) is 4.31. The van der Waals surface area contributed by atoms with E-state index in [1.165, 1.54) is 16.5 Å². The van der Waals surface area contributed by atoms with E-state index in [1.54, 1.807) is 17.7 Å². The van der Waals surface area contributed by atoms with Gasteiger partial charge in [0.1, 0.15) is 18.0 Å². The third kappa shape index (κ3) is 4.33. The Balaban J connectivity index is 1.47. The molecular formula is C15H21N5S2. The molecule has 3 heterocycles. The molecule has 22 heavy (non-hydrogen) atoms. The number of nitrogens with zero attached hydrogens (tertiary/aromatic N) is 4. The Bertz CT molecular complexity index is 595. The average Bonchev–Trinajstić information content (AvgIpc) is 2.98. The predicted molar refractivity (Wildman–Crippen MR) is 95.2 cm³/mol. The van der Waals surface area contributed by atoms with Crippen molar-refractivity contribution >= 4 is 34.7 Å². The van der Waals surface area contributed by atoms with Crippen LogP contribution in [0.1, 0.15) is 17.1 Å². The van der Waals surface area contributed by atoms with Crippen LogP contribution in [0.15, 0.2) is 17.8 Å². The lowest BCUT2D eigenvalue weighted by molar-refractivity contribution is 0.829. The maximum Gasteiger partial charge on any atom is 0.134 e. The molecule has 0 amide bonds. The van der Waals surface area contributed by atoms with Gasteiger partial charge in [-0.25, -0.2) is 15.0 Å². The number of hydrogen-bond acceptors (Lipinski definition) is 7. The normalized spacial score (nSPS) is 15.0. The Morgan fingerprint density at radius 2 is 2.14 bits per heavy atom. The minimum absolute atomic E-state index is 0.908. The molecule has 1 saturated heterocycles. The predicted octanol–water partition coefficient (Wildman–Crippen LogP) is 2.84. The van der Waals surface area contributed by atoms with Gasteiger partial charge < -0.3 is 10.2 Å². The van der Waals surface area contributed by atoms with Crippen molar-refractivity contribution in [1.29, 1.82) is 0 Å². The highest BCUT2D eigenvalue weighted by Crippen LogP contribution is 2.19. The fourth-order valence-corrected chi connectivity index (χ4v) is 4.10. The maximum atomic E-state index is 4.49. The molecule has 1 aliphatic rings. The Hall–Kier alpha value is -1.34. The van der Waals surface area contributed by atoms with Crippen molar-refractivity contribution < 1.29 is 0 Å². The summed E-state index contributed by atoms with van der Waals surface area (Å²) in [6.45, 7) is 5.10. The van der Waals surface area contributed by atoms with Crippen LogP contribution in [0.5, 0.6) is 0 Å². The average molecular weight is 336 g/mol. The van der Waals surface area contributed by atoms with E-state index in [0.29, 0.717) is 0 Å². The lowest BCUT2D eigenvalue weighted by atomic mass is 10.3. The highest BCUT2D eigenvalue weighted by molar-refractivity contribution is 7.99. The van der Waals surface area contributed by atoms with Gasteiger partial charge in [0.2, 0.25) is 0 Å². The van der Waals surface area contributed by atoms with Crippen molar-refractivity contribution in [2.24, 2.45) is 0 Å². The quantitative estimate of drug-likeness (QED) is 0.819. The van der Waals surface area contributed by atoms with E-state index in [0.717, 1.165) is 49.8 Å². The molecule has 1 aliphatic heterocycles. The summed E-state index contributed by atoms with van der Waals surface area (Å²) < 4.78 is 0. The fraction of sp³-hybridized carbons (Fsp3) is 0.533. The first-order valence-corrected chi connectivity index (χ1v) is 9.64. The molecule has 0 bridgehead atoms. The third-order valence-electron chi connectivity index (χ3n) is 3.53. The Kier molecular flexibility index (Phi) is 5.50. The lowest BCUT2D eigenvalue weighted by Crippen LogP contribution is -2.33. The first-order valence-electron chi connectivity index (χ1n) is 7.61. The summed E-state index contributed by atoms with van der Waals surface area (Å²) in [5.41, 5.74) is 1.12. The summed E-state index contributed by atoms with van der Waals surface area (Å²) in [6, 6.07) is 2.06. The number of rotatable bonds is 6. The van der Waals surface area contributed by atoms with Crippen LogP contribution in [0.3, 0.4) is 0 Å². The summed E-state index contributed by atoms with van der Waals surface area (Å²) in [4.78, 5) is 15.5. The molecule has 0 radical (unpaired) electrons. The summed E-state index contributed by atoms with van der Waals surface area (Å²) in [5, 5.41) is 6.72. The maximum absolute atomic E-state index is 4.49. The fourth-order valence-electron chi connectivity index (χ4n) is 2.38. The van der Waals surface area contributed by atoms with Gasteiger partial charge in [-0.2, -0.15) is 11.8 Å². The summed E-state index contributed by atoms with van der Waals surface area (Å²) in [7, 11) is 0. The molecule has 5 nitrogen and oxygen atoms in total. The van der Waals surface area contributed by atoms with Gasteiger partial charge in [0.25, 0.3) is 0 Å². The van der Waals surface area contributed by atoms with Crippen LogP contribution in [0.25, 0.3) is 0 Å². The van der Waals surface area contributed by atoms with Crippen molar-refractivity contribution in [2.45, 2.75) is 19.8 Å². The van der Waals surface area contributed by atoms with Gasteiger partial charge >= 0.3 is 0 Å². The smallest absolute Gasteiger partial charge is 0.134 e. The molecular weight excluding hydrogens is 314 g/mol. The highest BCUT2D eigenvalue weighted by atomic mass is 32.2. The van der Waals surface area contributed by atoms with Crippen LogP contribution in [-0.4, -0.2) is 46.1 Å². The van der Waals surface area contributed by atoms with Crippen LogP contribution in [0, 0.1) is 6.92 Å². The number of anilines is 2. The molecule has 0 spiro atoms. The second-order valence-corrected chi connectivity index (χ2v) is 7.44. The van der Waals surface area contributed by atoms with Gasteiger partial charge in [-0.05, 0) is 13.3 Å². The molecule has 0 unspecified atom stereocenters. The molecule has 2 aromatic heterocycles. The van der Waals surface area contributed by atoms with Gasteiger partial charge in [0.05, 0.1) is 5.01 Å². The van der Waals surface area contributed by atoms with Crippen LogP contribution in [0.4, 0.5) is 11.6 Å². The number of aromatic nitrogens is 3. The zero-order valence-electron chi connectivity index (χ0n) is 12.8. The van der Waals surface area contributed by atoms with E-state index in [1.807, 2.05) is 18.7 Å². The first kappa shape index (κ1) is 15.6. The molecule has 0 aromatic carbocycles. The molecule has 0 atom stereocenters. The van der Waals surface area contributed by atoms with Crippen molar-refractivity contribution in [3.63, 3.8) is 0 Å². The second kappa shape index (κ2) is 7.78. The SMILES string of the molecule is Cc1csc(CCCNc2cc(N3CCSCC3)ncn2)n1. The summed E-state index contributed by atoms with van der Waals surface area (Å²) in [6.07, 6.45) is 3.74. The zero-order valence-corrected chi connectivity index (χ0v) is 14.4. The van der Waals surface area contributed by atoms with Gasteiger partial charge in [-0.15, -0.1) is 11.3 Å². The number of thiazole rings is 1. The Morgan fingerprint density at radius 3 is 2.91 bits per heavy atom. The minimum Gasteiger partial charge on any atom is -0.370 e. The van der Waals surface area contributed by atoms with E-state index in [9.17, 15) is 0 Å². The molecule has 0 aliphatic carbocycles. The number of thioether (sulfide) groups is 1. The van der Waals surface area contributed by atoms with E-state index in [2.05, 4.69) is 36.6 Å². The first-order chi connectivity index (χ1) is 10.8. The Morgan fingerprint density at radius 1 is 1.27 bits per heavy atom. The van der Waals surface area contributed by atoms with Gasteiger partial charge in [0, 0.05) is 54.7 Å². The van der Waals surface area contributed by atoms with E-state index >= 15 is 0 Å². The van der Waals surface area contributed by atoms with E-state index < -0.39 is 0 Å². The highest BCUT2D eigenvalue weighted by Gasteiger charge is 2.12. The van der Waals surface area contributed by atoms with Crippen LogP contribution >= 0.6 is 23.1 Å². The molecule has 3 rings (SSSR count). The van der Waals surface area contributed by atoms with Gasteiger partial charge in [-0.1, -0.05) is 0 Å². The van der Waals surface area contributed by atoms with Crippen molar-refractivity contribution in [1.82, 2.24) is 15.0 Å². The molecule has 2 aromatic rings. The van der Waals surface area contributed by atoms with Gasteiger partial charge in [-0.3, -0.25) is 0 Å². The topological polar surface area (TPSA) is 53.9 Å². The van der Waals surface area contributed by atoms with Crippen LogP contribution in [-0.2, 0) is 6.42 Å². The number of aryl methyl sites for hydroxylation is 2. The molecule has 1 N–H and O–H groups in total. The molecule has 7 heteroatoms. The summed E-state index contributed by atoms with van der Waals surface area (Å²) >= 11 is 3.75. The number of hydrogen-bond donors (Lipinski definition) is 1. The van der Waals surface area contributed by atoms with E-state index in [-0.39, 0.29) is 0 Å². The Labute approximate surface area is 139 Å². The van der Waals surface area contributed by atoms with E-state index in [4.69, 9.17) is 0 Å². The largest absolute Gasteiger partial charge is 0.370 e. The molecule has 1 fully saturated rings. The zero-order chi connectivity index (χ0) is 15.2. The van der Waals surface area contributed by atoms with Crippen LogP contribution < -0.4 is 10.2 Å². The van der Waals surface area contributed by atoms with Crippen molar-refractivity contribution in [3.8, 4) is 0 Å². The molecule has 118 valence electrons. The standard InChI is InChI=1S/C15H21N5S2/c1-12-10-22-15(19-12)3-2-4-16-13-9-14(18-11-17-13)20-5-7-21-8-6-20/h9-11H,2-8H2,1H3,(H,16,17,18). The minimum atomic E-state index is 0.908. The second-order valence-electron chi connectivity index (χ2n) is 5.27. The lowest BCUT2D eigenvalue weighted by Gasteiger charge is -2.27. The monoisotopic (exact) mass is 335 g/mol. The number of nitrogens with one attached hydrogen (secondary N) is 1. The third-order valence-corrected chi connectivity index (χ3v) is 5.50. The van der Waals surface area contributed by atoms with Crippen LogP contribution in [0.2, 0.25) is 0 Å². The van der Waals surface area contributed by atoms with Crippen molar-refractivity contribution in [3.05, 3.63) is 28.5 Å².